The third-order valence-electron chi connectivity index (χ3n) is 5.32. The molecule has 0 bridgehead atoms. The standard InChI is InChI=1S/C21H30N4O3/c1-15-16(2)28-20(24-15)13-25-8-6-17(7-9-25)11-22-21(27)23-12-18-4-3-5-19(10-18)14-26/h3-5,10,17,26H,6-9,11-14H2,1-2H3,(H2,22,23,27). The number of hydrogen-bond acceptors (Lipinski definition) is 5. The number of amides is 2. The lowest BCUT2D eigenvalue weighted by Crippen LogP contribution is -2.41. The molecule has 28 heavy (non-hydrogen) atoms. The van der Waals surface area contributed by atoms with Crippen molar-refractivity contribution in [2.75, 3.05) is 19.6 Å². The van der Waals surface area contributed by atoms with Crippen molar-refractivity contribution in [2.24, 2.45) is 5.92 Å². The van der Waals surface area contributed by atoms with E-state index in [9.17, 15) is 9.90 Å². The quantitative estimate of drug-likeness (QED) is 0.680. The number of nitrogens with zero attached hydrogens (tertiary/aromatic N) is 2. The van der Waals surface area contributed by atoms with Crippen LogP contribution in [-0.2, 0) is 19.7 Å². The first-order chi connectivity index (χ1) is 13.5. The molecule has 0 unspecified atom stereocenters. The zero-order valence-corrected chi connectivity index (χ0v) is 16.7. The van der Waals surface area contributed by atoms with Crippen LogP contribution in [0.2, 0.25) is 0 Å². The van der Waals surface area contributed by atoms with Gasteiger partial charge in [-0.3, -0.25) is 4.90 Å². The molecule has 2 amide bonds. The van der Waals surface area contributed by atoms with Gasteiger partial charge in [-0.25, -0.2) is 9.78 Å². The number of oxazole rings is 1. The molecular weight excluding hydrogens is 356 g/mol. The number of hydrogen-bond donors (Lipinski definition) is 3. The number of nitrogens with one attached hydrogen (secondary N) is 2. The number of aliphatic hydroxyl groups excluding tert-OH is 1. The summed E-state index contributed by atoms with van der Waals surface area (Å²) in [5, 5.41) is 15.0. The van der Waals surface area contributed by atoms with Crippen LogP contribution in [0.1, 0.15) is 41.3 Å². The number of carbonyl (C=O) groups excluding carboxylic acids is 1. The van der Waals surface area contributed by atoms with Gasteiger partial charge in [-0.2, -0.15) is 0 Å². The molecule has 7 heteroatoms. The van der Waals surface area contributed by atoms with Gasteiger partial charge in [0.05, 0.1) is 18.8 Å². The zero-order valence-electron chi connectivity index (χ0n) is 16.7. The van der Waals surface area contributed by atoms with Crippen molar-refractivity contribution in [1.29, 1.82) is 0 Å². The van der Waals surface area contributed by atoms with Gasteiger partial charge in [-0.05, 0) is 56.8 Å². The van der Waals surface area contributed by atoms with E-state index in [1.165, 1.54) is 0 Å². The minimum atomic E-state index is -0.150. The molecule has 0 spiro atoms. The number of aryl methyl sites for hydroxylation is 2. The largest absolute Gasteiger partial charge is 0.444 e. The topological polar surface area (TPSA) is 90.6 Å². The third kappa shape index (κ3) is 5.81. The molecule has 0 aliphatic carbocycles. The summed E-state index contributed by atoms with van der Waals surface area (Å²) in [4.78, 5) is 18.9. The van der Waals surface area contributed by atoms with Gasteiger partial charge in [0.15, 0.2) is 0 Å². The van der Waals surface area contributed by atoms with Crippen LogP contribution in [0.3, 0.4) is 0 Å². The van der Waals surface area contributed by atoms with Crippen LogP contribution in [0.15, 0.2) is 28.7 Å². The van der Waals surface area contributed by atoms with Crippen LogP contribution in [0, 0.1) is 19.8 Å². The summed E-state index contributed by atoms with van der Waals surface area (Å²) in [6.45, 7) is 7.79. The molecule has 1 aromatic carbocycles. The van der Waals surface area contributed by atoms with Crippen molar-refractivity contribution < 1.29 is 14.3 Å². The summed E-state index contributed by atoms with van der Waals surface area (Å²) in [6, 6.07) is 7.43. The highest BCUT2D eigenvalue weighted by Gasteiger charge is 2.21. The Balaban J connectivity index is 1.33. The molecular formula is C21H30N4O3. The minimum Gasteiger partial charge on any atom is -0.444 e. The molecule has 0 atom stereocenters. The second-order valence-electron chi connectivity index (χ2n) is 7.51. The van der Waals surface area contributed by atoms with Gasteiger partial charge in [0.1, 0.15) is 5.76 Å². The Labute approximate surface area is 166 Å². The fraction of sp³-hybridized carbons (Fsp3) is 0.524. The molecule has 7 nitrogen and oxygen atoms in total. The maximum Gasteiger partial charge on any atom is 0.315 e. The van der Waals surface area contributed by atoms with Crippen molar-refractivity contribution in [3.05, 3.63) is 52.7 Å². The molecule has 3 rings (SSSR count). The average Bonchev–Trinajstić information content (AvgIpc) is 3.03. The van der Waals surface area contributed by atoms with Crippen molar-refractivity contribution in [2.45, 2.75) is 46.4 Å². The highest BCUT2D eigenvalue weighted by molar-refractivity contribution is 5.73. The lowest BCUT2D eigenvalue weighted by molar-refractivity contribution is 0.162. The number of benzene rings is 1. The summed E-state index contributed by atoms with van der Waals surface area (Å²) >= 11 is 0. The van der Waals surface area contributed by atoms with Gasteiger partial charge in [0.2, 0.25) is 5.89 Å². The summed E-state index contributed by atoms with van der Waals surface area (Å²) < 4.78 is 5.67. The Kier molecular flexibility index (Phi) is 7.06. The summed E-state index contributed by atoms with van der Waals surface area (Å²) in [6.07, 6.45) is 2.11. The van der Waals surface area contributed by atoms with Crippen LogP contribution in [0.5, 0.6) is 0 Å². The highest BCUT2D eigenvalue weighted by atomic mass is 16.4. The van der Waals surface area contributed by atoms with E-state index in [-0.39, 0.29) is 12.6 Å². The number of likely N-dealkylation sites (tertiary alicyclic amines) is 1. The predicted molar refractivity (Wildman–Crippen MR) is 107 cm³/mol. The molecule has 1 fully saturated rings. The lowest BCUT2D eigenvalue weighted by atomic mass is 9.97. The molecule has 1 saturated heterocycles. The van der Waals surface area contributed by atoms with Crippen molar-refractivity contribution >= 4 is 6.03 Å². The fourth-order valence-electron chi connectivity index (χ4n) is 3.47. The molecule has 1 aliphatic heterocycles. The maximum absolute atomic E-state index is 12.1. The summed E-state index contributed by atoms with van der Waals surface area (Å²) in [7, 11) is 0. The van der Waals surface area contributed by atoms with E-state index in [0.29, 0.717) is 19.0 Å². The molecule has 0 radical (unpaired) electrons. The number of urea groups is 1. The van der Waals surface area contributed by atoms with E-state index in [1.54, 1.807) is 0 Å². The van der Waals surface area contributed by atoms with Crippen LogP contribution >= 0.6 is 0 Å². The predicted octanol–water partition coefficient (Wildman–Crippen LogP) is 2.50. The van der Waals surface area contributed by atoms with Crippen LogP contribution in [-0.4, -0.2) is 40.7 Å². The molecule has 3 N–H and O–H groups in total. The van der Waals surface area contributed by atoms with Gasteiger partial charge < -0.3 is 20.2 Å². The minimum absolute atomic E-state index is 0.00787. The fourth-order valence-corrected chi connectivity index (χ4v) is 3.47. The summed E-state index contributed by atoms with van der Waals surface area (Å²) in [5.74, 6) is 2.17. The van der Waals surface area contributed by atoms with E-state index < -0.39 is 0 Å². The molecule has 2 heterocycles. The van der Waals surface area contributed by atoms with Crippen molar-refractivity contribution in [3.63, 3.8) is 0 Å². The van der Waals surface area contributed by atoms with Gasteiger partial charge in [0, 0.05) is 13.1 Å². The highest BCUT2D eigenvalue weighted by Crippen LogP contribution is 2.19. The first kappa shape index (κ1) is 20.4. The first-order valence-corrected chi connectivity index (χ1v) is 9.89. The Morgan fingerprint density at radius 3 is 2.68 bits per heavy atom. The number of aliphatic hydroxyl groups is 1. The molecule has 2 aromatic rings. The van der Waals surface area contributed by atoms with Gasteiger partial charge in [0.25, 0.3) is 0 Å². The Bertz CT molecular complexity index is 762. The summed E-state index contributed by atoms with van der Waals surface area (Å²) in [5.41, 5.74) is 2.79. The second kappa shape index (κ2) is 9.71. The lowest BCUT2D eigenvalue weighted by Gasteiger charge is -2.31. The number of aromatic nitrogens is 1. The average molecular weight is 386 g/mol. The van der Waals surface area contributed by atoms with Crippen molar-refractivity contribution in [1.82, 2.24) is 20.5 Å². The van der Waals surface area contributed by atoms with E-state index in [0.717, 1.165) is 60.9 Å². The van der Waals surface area contributed by atoms with E-state index in [4.69, 9.17) is 4.42 Å². The number of piperidine rings is 1. The number of carbonyl (C=O) groups is 1. The molecule has 152 valence electrons. The monoisotopic (exact) mass is 386 g/mol. The van der Waals surface area contributed by atoms with E-state index >= 15 is 0 Å². The molecule has 1 aliphatic rings. The van der Waals surface area contributed by atoms with Crippen molar-refractivity contribution in [3.8, 4) is 0 Å². The first-order valence-electron chi connectivity index (χ1n) is 9.89. The SMILES string of the molecule is Cc1nc(CN2CCC(CNC(=O)NCc3cccc(CO)c3)CC2)oc1C. The van der Waals surface area contributed by atoms with Crippen LogP contribution in [0.4, 0.5) is 4.79 Å². The normalized spacial score (nSPS) is 15.5. The van der Waals surface area contributed by atoms with Gasteiger partial charge in [-0.1, -0.05) is 24.3 Å². The Morgan fingerprint density at radius 2 is 2.00 bits per heavy atom. The van der Waals surface area contributed by atoms with Crippen LogP contribution < -0.4 is 10.6 Å². The van der Waals surface area contributed by atoms with E-state index in [2.05, 4.69) is 20.5 Å². The zero-order chi connectivity index (χ0) is 19.9. The Hall–Kier alpha value is -2.38. The van der Waals surface area contributed by atoms with Gasteiger partial charge >= 0.3 is 6.03 Å². The smallest absolute Gasteiger partial charge is 0.315 e. The molecule has 1 aromatic heterocycles. The number of rotatable bonds is 7. The van der Waals surface area contributed by atoms with Crippen LogP contribution in [0.25, 0.3) is 0 Å². The maximum atomic E-state index is 12.1. The second-order valence-corrected chi connectivity index (χ2v) is 7.51. The van der Waals surface area contributed by atoms with Gasteiger partial charge in [-0.15, -0.1) is 0 Å². The third-order valence-corrected chi connectivity index (χ3v) is 5.32. The molecule has 0 saturated carbocycles. The van der Waals surface area contributed by atoms with E-state index in [1.807, 2.05) is 38.1 Å². The Morgan fingerprint density at radius 1 is 1.25 bits per heavy atom.